The average molecular weight is 797 g/mol. The molecular weight excluding hydrogens is 736 g/mol. The molecule has 0 amide bonds. The molecule has 4 rings (SSSR count). The third-order valence-corrected chi connectivity index (χ3v) is 10.4. The first kappa shape index (κ1) is 44.1. The molecule has 0 atom stereocenters. The van der Waals surface area contributed by atoms with Gasteiger partial charge >= 0.3 is 0 Å². The van der Waals surface area contributed by atoms with Crippen LogP contribution in [0.5, 0.6) is 11.5 Å². The molecule has 0 heterocycles. The van der Waals surface area contributed by atoms with Gasteiger partial charge in [0.15, 0.2) is 0 Å². The van der Waals surface area contributed by atoms with Gasteiger partial charge in [0.1, 0.15) is 37.8 Å². The van der Waals surface area contributed by atoms with E-state index in [4.69, 9.17) is 9.47 Å². The SMILES string of the molecule is C.CC[N+](CC)(CC)CCOc1ccc(/C(=C(\c2ccccc2)c2ccc(OCC[N+](CC)(CC)CC)cc2)c2ccccc2)cc1.[Br-].[Br-]. The molecule has 49 heavy (non-hydrogen) atoms. The van der Waals surface area contributed by atoms with E-state index in [0.717, 1.165) is 97.2 Å². The van der Waals surface area contributed by atoms with Crippen molar-refractivity contribution in [3.8, 4) is 11.5 Å². The topological polar surface area (TPSA) is 18.5 Å². The largest absolute Gasteiger partial charge is 1.00 e. The molecule has 268 valence electrons. The molecule has 0 aliphatic rings. The van der Waals surface area contributed by atoms with Crippen molar-refractivity contribution in [1.29, 1.82) is 0 Å². The Balaban J connectivity index is 0.00000400. The first-order valence-electron chi connectivity index (χ1n) is 17.5. The zero-order valence-corrected chi connectivity index (χ0v) is 33.1. The molecule has 0 bridgehead atoms. The first-order valence-corrected chi connectivity index (χ1v) is 17.5. The van der Waals surface area contributed by atoms with Gasteiger partial charge in [-0.05, 0) is 99.2 Å². The molecule has 0 saturated heterocycles. The third-order valence-electron chi connectivity index (χ3n) is 10.4. The number of ether oxygens (including phenoxy) is 2. The molecule has 4 nitrogen and oxygen atoms in total. The highest BCUT2D eigenvalue weighted by Crippen LogP contribution is 2.37. The fourth-order valence-corrected chi connectivity index (χ4v) is 6.56. The van der Waals surface area contributed by atoms with Crippen molar-refractivity contribution in [2.75, 3.05) is 65.6 Å². The molecule has 0 saturated carbocycles. The monoisotopic (exact) mass is 794 g/mol. The van der Waals surface area contributed by atoms with E-state index in [1.807, 2.05) is 0 Å². The Morgan fingerprint density at radius 2 is 0.673 bits per heavy atom. The van der Waals surface area contributed by atoms with E-state index in [1.54, 1.807) is 0 Å². The molecule has 0 N–H and O–H groups in total. The van der Waals surface area contributed by atoms with Crippen molar-refractivity contribution < 1.29 is 52.4 Å². The lowest BCUT2D eigenvalue weighted by atomic mass is 9.86. The summed E-state index contributed by atoms with van der Waals surface area (Å²) in [6.45, 7) is 23.9. The van der Waals surface area contributed by atoms with Crippen LogP contribution in [0.25, 0.3) is 11.1 Å². The van der Waals surface area contributed by atoms with Gasteiger partial charge in [0.25, 0.3) is 0 Å². The summed E-state index contributed by atoms with van der Waals surface area (Å²) >= 11 is 0. The van der Waals surface area contributed by atoms with Gasteiger partial charge in [0, 0.05) is 0 Å². The van der Waals surface area contributed by atoms with Gasteiger partial charge in [0.2, 0.25) is 0 Å². The second-order valence-electron chi connectivity index (χ2n) is 12.3. The number of hydrogen-bond donors (Lipinski definition) is 0. The summed E-state index contributed by atoms with van der Waals surface area (Å²) in [5.74, 6) is 1.83. The zero-order valence-electron chi connectivity index (χ0n) is 29.9. The van der Waals surface area contributed by atoms with Gasteiger partial charge in [-0.1, -0.05) is 92.4 Å². The molecule has 4 aromatic carbocycles. The highest BCUT2D eigenvalue weighted by atomic mass is 79.9. The first-order chi connectivity index (χ1) is 22.5. The number of likely N-dealkylation sites (N-methyl/N-ethyl adjacent to an activating group) is 2. The predicted molar refractivity (Wildman–Crippen MR) is 202 cm³/mol. The average Bonchev–Trinajstić information content (AvgIpc) is 3.13. The summed E-state index contributed by atoms with van der Waals surface area (Å²) < 4.78 is 14.7. The van der Waals surface area contributed by atoms with Gasteiger partial charge in [0.05, 0.1) is 39.3 Å². The minimum absolute atomic E-state index is 0. The fraction of sp³-hybridized carbons (Fsp3) is 0.395. The molecule has 0 aromatic heterocycles. The maximum absolute atomic E-state index is 6.28. The molecule has 0 unspecified atom stereocenters. The smallest absolute Gasteiger partial charge is 0.137 e. The van der Waals surface area contributed by atoms with Crippen molar-refractivity contribution in [1.82, 2.24) is 0 Å². The highest BCUT2D eigenvalue weighted by Gasteiger charge is 2.22. The van der Waals surface area contributed by atoms with Crippen LogP contribution in [0.4, 0.5) is 0 Å². The van der Waals surface area contributed by atoms with Gasteiger partial charge in [-0.2, -0.15) is 0 Å². The Labute approximate surface area is 319 Å². The van der Waals surface area contributed by atoms with Crippen LogP contribution in [-0.4, -0.2) is 74.5 Å². The Morgan fingerprint density at radius 1 is 0.408 bits per heavy atom. The maximum Gasteiger partial charge on any atom is 0.137 e. The number of nitrogens with zero attached hydrogens (tertiary/aromatic N) is 2. The maximum atomic E-state index is 6.28. The van der Waals surface area contributed by atoms with Crippen LogP contribution in [0.2, 0.25) is 0 Å². The highest BCUT2D eigenvalue weighted by molar-refractivity contribution is 6.04. The lowest BCUT2D eigenvalue weighted by Crippen LogP contribution is -3.00. The Hall–Kier alpha value is -2.90. The van der Waals surface area contributed by atoms with E-state index >= 15 is 0 Å². The number of rotatable bonds is 18. The minimum Gasteiger partial charge on any atom is -1.00 e. The fourth-order valence-electron chi connectivity index (χ4n) is 6.56. The van der Waals surface area contributed by atoms with Crippen molar-refractivity contribution >= 4 is 11.1 Å². The second kappa shape index (κ2) is 22.0. The molecule has 6 heteroatoms. The summed E-state index contributed by atoms with van der Waals surface area (Å²) in [6.07, 6.45) is 0. The standard InChI is InChI=1S/C42H56N2O2.CH4.2BrH/c1-7-43(8-2,9-3)31-33-45-39-27-23-37(24-28-39)41(35-19-15-13-16-20-35)42(36-21-17-14-18-22-36)38-25-29-40(30-26-38)46-34-32-44(10-4,11-5)12-6;;;/h13-30H,7-12,31-34H2,1-6H3;1H4;2*1H/q+2;;;/p-2/b42-41+;;;. The van der Waals surface area contributed by atoms with Crippen LogP contribution in [0.15, 0.2) is 109 Å². The number of hydrogen-bond acceptors (Lipinski definition) is 2. The Bertz CT molecular complexity index is 1350. The van der Waals surface area contributed by atoms with Crippen LogP contribution in [0.1, 0.15) is 71.2 Å². The van der Waals surface area contributed by atoms with Crippen LogP contribution in [0, 0.1) is 0 Å². The molecule has 0 aliphatic carbocycles. The number of halogens is 2. The summed E-state index contributed by atoms with van der Waals surface area (Å²) in [5.41, 5.74) is 7.07. The Kier molecular flexibility index (Phi) is 19.8. The lowest BCUT2D eigenvalue weighted by Gasteiger charge is -2.35. The van der Waals surface area contributed by atoms with E-state index in [1.165, 1.54) is 22.3 Å². The summed E-state index contributed by atoms with van der Waals surface area (Å²) in [5, 5.41) is 0. The number of benzene rings is 4. The van der Waals surface area contributed by atoms with E-state index < -0.39 is 0 Å². The summed E-state index contributed by atoms with van der Waals surface area (Å²) in [6, 6.07) is 38.8. The Morgan fingerprint density at radius 3 is 0.939 bits per heavy atom. The van der Waals surface area contributed by atoms with Crippen LogP contribution in [-0.2, 0) is 0 Å². The predicted octanol–water partition coefficient (Wildman–Crippen LogP) is 3.85. The molecule has 0 aliphatic heterocycles. The van der Waals surface area contributed by atoms with Crippen molar-refractivity contribution in [2.24, 2.45) is 0 Å². The minimum atomic E-state index is 0. The van der Waals surface area contributed by atoms with E-state index in [-0.39, 0.29) is 41.4 Å². The molecule has 0 spiro atoms. The lowest BCUT2D eigenvalue weighted by molar-refractivity contribution is -0.923. The van der Waals surface area contributed by atoms with Gasteiger partial charge in [-0.25, -0.2) is 0 Å². The van der Waals surface area contributed by atoms with Gasteiger partial charge in [-0.15, -0.1) is 0 Å². The zero-order chi connectivity index (χ0) is 32.8. The van der Waals surface area contributed by atoms with Crippen molar-refractivity contribution in [3.63, 3.8) is 0 Å². The van der Waals surface area contributed by atoms with Gasteiger partial charge in [-0.3, -0.25) is 0 Å². The normalized spacial score (nSPS) is 11.7. The summed E-state index contributed by atoms with van der Waals surface area (Å²) in [7, 11) is 0. The van der Waals surface area contributed by atoms with E-state index in [0.29, 0.717) is 0 Å². The number of quaternary nitrogens is 2. The van der Waals surface area contributed by atoms with Crippen LogP contribution in [0.3, 0.4) is 0 Å². The molecule has 0 fully saturated rings. The second-order valence-corrected chi connectivity index (χ2v) is 12.3. The van der Waals surface area contributed by atoms with Crippen molar-refractivity contribution in [2.45, 2.75) is 49.0 Å². The van der Waals surface area contributed by atoms with Crippen molar-refractivity contribution in [3.05, 3.63) is 131 Å². The molecule has 4 aromatic rings. The van der Waals surface area contributed by atoms with E-state index in [2.05, 4.69) is 151 Å². The van der Waals surface area contributed by atoms with E-state index in [9.17, 15) is 0 Å². The van der Waals surface area contributed by atoms with Crippen LogP contribution >= 0.6 is 0 Å². The quantitative estimate of drug-likeness (QED) is 0.113. The van der Waals surface area contributed by atoms with Crippen LogP contribution < -0.4 is 43.4 Å². The molecule has 0 radical (unpaired) electrons. The molecular formula is C43H60Br2N2O2. The van der Waals surface area contributed by atoms with Gasteiger partial charge < -0.3 is 52.4 Å². The summed E-state index contributed by atoms with van der Waals surface area (Å²) in [4.78, 5) is 0. The third kappa shape index (κ3) is 11.6.